The summed E-state index contributed by atoms with van der Waals surface area (Å²) in [6, 6.07) is 11.2. The van der Waals surface area contributed by atoms with Crippen molar-refractivity contribution in [3.63, 3.8) is 0 Å². The Bertz CT molecular complexity index is 1010. The van der Waals surface area contributed by atoms with E-state index in [4.69, 9.17) is 4.74 Å². The van der Waals surface area contributed by atoms with Gasteiger partial charge in [0.05, 0.1) is 23.2 Å². The maximum absolute atomic E-state index is 14.1. The van der Waals surface area contributed by atoms with E-state index in [-0.39, 0.29) is 25.1 Å². The standard InChI is InChI=1S/C19H16F2N2O2S/c1-2-9-23-18-15(21)11-13(20)12-16(18)26-19(23)22-17(24)8-10-25-14-6-4-3-5-7-14/h2-7,11-12H,1,8-10H2. The molecule has 0 aliphatic rings. The molecule has 0 unspecified atom stereocenters. The van der Waals surface area contributed by atoms with Crippen molar-refractivity contribution >= 4 is 27.5 Å². The number of halogens is 2. The van der Waals surface area contributed by atoms with Crippen LogP contribution in [-0.2, 0) is 11.3 Å². The first-order valence-corrected chi connectivity index (χ1v) is 8.75. The van der Waals surface area contributed by atoms with Crippen molar-refractivity contribution in [3.05, 3.63) is 71.6 Å². The highest BCUT2D eigenvalue weighted by Gasteiger charge is 2.13. The predicted molar refractivity (Wildman–Crippen MR) is 97.1 cm³/mol. The van der Waals surface area contributed by atoms with E-state index in [0.717, 1.165) is 17.4 Å². The molecular weight excluding hydrogens is 358 g/mol. The number of hydrogen-bond donors (Lipinski definition) is 0. The van der Waals surface area contributed by atoms with Gasteiger partial charge in [-0.1, -0.05) is 35.6 Å². The molecule has 0 saturated heterocycles. The fourth-order valence-corrected chi connectivity index (χ4v) is 3.54. The number of ether oxygens (including phenoxy) is 1. The molecule has 1 aromatic heterocycles. The zero-order valence-corrected chi connectivity index (χ0v) is 14.6. The van der Waals surface area contributed by atoms with E-state index in [9.17, 15) is 13.6 Å². The van der Waals surface area contributed by atoms with Crippen LogP contribution in [0.1, 0.15) is 6.42 Å². The molecule has 4 nitrogen and oxygen atoms in total. The molecule has 0 bridgehead atoms. The van der Waals surface area contributed by atoms with Gasteiger partial charge in [-0.2, -0.15) is 4.99 Å². The van der Waals surface area contributed by atoms with Gasteiger partial charge in [-0.15, -0.1) is 6.58 Å². The molecule has 134 valence electrons. The van der Waals surface area contributed by atoms with Gasteiger partial charge in [-0.05, 0) is 18.2 Å². The van der Waals surface area contributed by atoms with Crippen LogP contribution in [0.15, 0.2) is 60.1 Å². The maximum atomic E-state index is 14.1. The molecule has 3 rings (SSSR count). The number of aromatic nitrogens is 1. The van der Waals surface area contributed by atoms with E-state index in [1.54, 1.807) is 18.2 Å². The molecule has 0 N–H and O–H groups in total. The number of amides is 1. The van der Waals surface area contributed by atoms with Gasteiger partial charge >= 0.3 is 0 Å². The Morgan fingerprint density at radius 3 is 2.77 bits per heavy atom. The van der Waals surface area contributed by atoms with Crippen molar-refractivity contribution < 1.29 is 18.3 Å². The molecule has 7 heteroatoms. The Balaban J connectivity index is 1.83. The van der Waals surface area contributed by atoms with Gasteiger partial charge in [0.2, 0.25) is 0 Å². The van der Waals surface area contributed by atoms with Crippen LogP contribution in [0.25, 0.3) is 10.2 Å². The van der Waals surface area contributed by atoms with E-state index < -0.39 is 17.5 Å². The lowest BCUT2D eigenvalue weighted by Crippen LogP contribution is -2.17. The lowest BCUT2D eigenvalue weighted by Gasteiger charge is -2.04. The third kappa shape index (κ3) is 4.05. The number of carbonyl (C=O) groups is 1. The summed E-state index contributed by atoms with van der Waals surface area (Å²) in [6.07, 6.45) is 1.64. The fourth-order valence-electron chi connectivity index (χ4n) is 2.45. The highest BCUT2D eigenvalue weighted by Crippen LogP contribution is 2.22. The van der Waals surface area contributed by atoms with Crippen LogP contribution in [0.4, 0.5) is 8.78 Å². The summed E-state index contributed by atoms with van der Waals surface area (Å²) >= 11 is 1.06. The second-order valence-electron chi connectivity index (χ2n) is 5.44. The normalized spacial score (nSPS) is 11.7. The Kier molecular flexibility index (Phi) is 5.58. The average molecular weight is 374 g/mol. The minimum Gasteiger partial charge on any atom is -0.493 e. The smallest absolute Gasteiger partial charge is 0.251 e. The second kappa shape index (κ2) is 8.05. The van der Waals surface area contributed by atoms with Crippen LogP contribution in [0.2, 0.25) is 0 Å². The summed E-state index contributed by atoms with van der Waals surface area (Å²) in [6.45, 7) is 4.08. The van der Waals surface area contributed by atoms with E-state index in [0.29, 0.717) is 15.3 Å². The average Bonchev–Trinajstić information content (AvgIpc) is 2.93. The minimum atomic E-state index is -0.695. The minimum absolute atomic E-state index is 0.0775. The van der Waals surface area contributed by atoms with Gasteiger partial charge in [-0.25, -0.2) is 8.78 Å². The van der Waals surface area contributed by atoms with Crippen molar-refractivity contribution in [1.29, 1.82) is 0 Å². The molecule has 0 aliphatic carbocycles. The molecule has 0 aliphatic heterocycles. The predicted octanol–water partition coefficient (Wildman–Crippen LogP) is 4.06. The molecule has 0 atom stereocenters. The van der Waals surface area contributed by atoms with Crippen molar-refractivity contribution in [2.75, 3.05) is 6.61 Å². The second-order valence-corrected chi connectivity index (χ2v) is 6.44. The van der Waals surface area contributed by atoms with Crippen LogP contribution in [-0.4, -0.2) is 17.1 Å². The SMILES string of the molecule is C=CCn1c(=NC(=O)CCOc2ccccc2)sc2cc(F)cc(F)c21. The molecular formula is C19H16F2N2O2S. The third-order valence-corrected chi connectivity index (χ3v) is 4.58. The van der Waals surface area contributed by atoms with Crippen LogP contribution < -0.4 is 9.54 Å². The van der Waals surface area contributed by atoms with Crippen molar-refractivity contribution in [2.24, 2.45) is 4.99 Å². The van der Waals surface area contributed by atoms with Gasteiger partial charge in [0, 0.05) is 12.6 Å². The molecule has 0 fully saturated rings. The molecule has 3 aromatic rings. The summed E-state index contributed by atoms with van der Waals surface area (Å²) in [5, 5.41) is 0. The number of thiazole rings is 1. The summed E-state index contributed by atoms with van der Waals surface area (Å²) < 4.78 is 34.9. The summed E-state index contributed by atoms with van der Waals surface area (Å²) in [5.74, 6) is -1.09. The summed E-state index contributed by atoms with van der Waals surface area (Å²) in [7, 11) is 0. The Morgan fingerprint density at radius 1 is 1.27 bits per heavy atom. The topological polar surface area (TPSA) is 43.6 Å². The third-order valence-electron chi connectivity index (χ3n) is 3.56. The Morgan fingerprint density at radius 2 is 2.04 bits per heavy atom. The lowest BCUT2D eigenvalue weighted by molar-refractivity contribution is -0.118. The Hall–Kier alpha value is -2.80. The summed E-state index contributed by atoms with van der Waals surface area (Å²) in [4.78, 5) is 16.5. The van der Waals surface area contributed by atoms with Gasteiger partial charge < -0.3 is 9.30 Å². The van der Waals surface area contributed by atoms with E-state index in [1.807, 2.05) is 18.2 Å². The van der Waals surface area contributed by atoms with Crippen LogP contribution in [0, 0.1) is 11.6 Å². The van der Waals surface area contributed by atoms with Crippen LogP contribution in [0.3, 0.4) is 0 Å². The van der Waals surface area contributed by atoms with E-state index >= 15 is 0 Å². The maximum Gasteiger partial charge on any atom is 0.251 e. The molecule has 26 heavy (non-hydrogen) atoms. The van der Waals surface area contributed by atoms with Gasteiger partial charge in [-0.3, -0.25) is 4.79 Å². The van der Waals surface area contributed by atoms with Gasteiger partial charge in [0.1, 0.15) is 11.6 Å². The zero-order valence-electron chi connectivity index (χ0n) is 13.8. The van der Waals surface area contributed by atoms with E-state index in [2.05, 4.69) is 11.6 Å². The van der Waals surface area contributed by atoms with Crippen molar-refractivity contribution in [3.8, 4) is 5.75 Å². The first-order chi connectivity index (χ1) is 12.6. The summed E-state index contributed by atoms with van der Waals surface area (Å²) in [5.41, 5.74) is 0.211. The van der Waals surface area contributed by atoms with Crippen molar-refractivity contribution in [1.82, 2.24) is 4.57 Å². The number of benzene rings is 2. The quantitative estimate of drug-likeness (QED) is 0.611. The Labute approximate surface area is 152 Å². The first-order valence-electron chi connectivity index (χ1n) is 7.93. The molecule has 0 saturated carbocycles. The fraction of sp³-hybridized carbons (Fsp3) is 0.158. The van der Waals surface area contributed by atoms with Crippen LogP contribution >= 0.6 is 11.3 Å². The number of fused-ring (bicyclic) bond motifs is 1. The highest BCUT2D eigenvalue weighted by atomic mass is 32.1. The van der Waals surface area contributed by atoms with E-state index in [1.165, 1.54) is 10.6 Å². The first kappa shape index (κ1) is 18.0. The van der Waals surface area contributed by atoms with Gasteiger partial charge in [0.15, 0.2) is 10.6 Å². The largest absolute Gasteiger partial charge is 0.493 e. The molecule has 1 amide bonds. The van der Waals surface area contributed by atoms with Gasteiger partial charge in [0.25, 0.3) is 5.91 Å². The number of rotatable bonds is 6. The molecule has 1 heterocycles. The lowest BCUT2D eigenvalue weighted by atomic mass is 10.3. The number of para-hydroxylation sites is 1. The van der Waals surface area contributed by atoms with Crippen molar-refractivity contribution in [2.45, 2.75) is 13.0 Å². The van der Waals surface area contributed by atoms with Crippen LogP contribution in [0.5, 0.6) is 5.75 Å². The number of allylic oxidation sites excluding steroid dienone is 1. The number of hydrogen-bond acceptors (Lipinski definition) is 3. The molecule has 0 radical (unpaired) electrons. The molecule has 2 aromatic carbocycles. The zero-order chi connectivity index (χ0) is 18.5. The molecule has 0 spiro atoms. The monoisotopic (exact) mass is 374 g/mol. The number of nitrogens with zero attached hydrogens (tertiary/aromatic N) is 2. The number of carbonyl (C=O) groups excluding carboxylic acids is 1. The highest BCUT2D eigenvalue weighted by molar-refractivity contribution is 7.16.